The molecular formula is C29H40N6S. The van der Waals surface area contributed by atoms with Gasteiger partial charge < -0.3 is 20.4 Å². The average Bonchev–Trinajstić information content (AvgIpc) is 3.47. The minimum atomic E-state index is 0.484. The third-order valence-electron chi connectivity index (χ3n) is 8.69. The first-order chi connectivity index (χ1) is 17.5. The molecule has 6 nitrogen and oxygen atoms in total. The molecule has 1 saturated carbocycles. The smallest absolute Gasteiger partial charge is 0.230 e. The second kappa shape index (κ2) is 10.3. The third-order valence-corrected chi connectivity index (χ3v) is 9.87. The maximum atomic E-state index is 5.07. The van der Waals surface area contributed by atoms with E-state index in [1.807, 2.05) is 11.3 Å². The normalized spacial score (nSPS) is 23.3. The summed E-state index contributed by atoms with van der Waals surface area (Å²) in [5.41, 5.74) is 4.01. The van der Waals surface area contributed by atoms with E-state index in [1.54, 1.807) is 0 Å². The van der Waals surface area contributed by atoms with Crippen molar-refractivity contribution in [2.24, 2.45) is 0 Å². The van der Waals surface area contributed by atoms with Crippen LogP contribution in [0, 0.1) is 0 Å². The Kier molecular flexibility index (Phi) is 6.88. The van der Waals surface area contributed by atoms with Crippen LogP contribution in [-0.2, 0) is 12.8 Å². The van der Waals surface area contributed by atoms with Gasteiger partial charge in [-0.2, -0.15) is 4.98 Å². The second-order valence-corrected chi connectivity index (χ2v) is 12.5. The van der Waals surface area contributed by atoms with Crippen LogP contribution in [0.3, 0.4) is 0 Å². The molecule has 2 aromatic heterocycles. The van der Waals surface area contributed by atoms with Crippen LogP contribution in [0.1, 0.15) is 66.9 Å². The minimum absolute atomic E-state index is 0.484. The first-order valence-electron chi connectivity index (χ1n) is 13.8. The van der Waals surface area contributed by atoms with Gasteiger partial charge in [0, 0.05) is 22.6 Å². The third kappa shape index (κ3) is 4.98. The van der Waals surface area contributed by atoms with E-state index in [2.05, 4.69) is 65.8 Å². The van der Waals surface area contributed by atoms with Gasteiger partial charge in [0.2, 0.25) is 5.95 Å². The molecule has 0 atom stereocenters. The molecule has 1 aliphatic heterocycles. The van der Waals surface area contributed by atoms with E-state index in [4.69, 9.17) is 9.97 Å². The van der Waals surface area contributed by atoms with Gasteiger partial charge in [-0.05, 0) is 121 Å². The molecule has 2 N–H and O–H groups in total. The molecule has 2 aliphatic carbocycles. The van der Waals surface area contributed by atoms with E-state index in [0.717, 1.165) is 22.8 Å². The van der Waals surface area contributed by atoms with Gasteiger partial charge >= 0.3 is 0 Å². The molecule has 36 heavy (non-hydrogen) atoms. The van der Waals surface area contributed by atoms with Gasteiger partial charge in [0.05, 0.1) is 5.39 Å². The summed E-state index contributed by atoms with van der Waals surface area (Å²) in [7, 11) is 6.64. The fourth-order valence-corrected chi connectivity index (χ4v) is 7.66. The minimum Gasteiger partial charge on any atom is -0.367 e. The van der Waals surface area contributed by atoms with Crippen molar-refractivity contribution in [3.63, 3.8) is 0 Å². The summed E-state index contributed by atoms with van der Waals surface area (Å²) in [5.74, 6) is 2.42. The Morgan fingerprint density at radius 2 is 1.69 bits per heavy atom. The predicted molar refractivity (Wildman–Crippen MR) is 152 cm³/mol. The number of thiophene rings is 1. The Hall–Kier alpha value is -2.22. The lowest BCUT2D eigenvalue weighted by Crippen LogP contribution is -2.36. The molecule has 3 aliphatic rings. The molecule has 0 unspecified atom stereocenters. The standard InChI is InChI=1S/C29H40N6S/c1-34(2)23-13-11-21(12-14-23)30-27-26-24-5-4-6-25(24)36-28(26)33-29(32-27)31-22-9-7-19(8-10-22)20-15-17-35(3)18-16-20/h7-10,20-21,23H,4-6,11-18H2,1-3H3,(H2,30,31,32,33). The Bertz CT molecular complexity index is 1190. The van der Waals surface area contributed by atoms with Gasteiger partial charge in [0.1, 0.15) is 10.6 Å². The van der Waals surface area contributed by atoms with Crippen molar-refractivity contribution in [3.8, 4) is 0 Å². The summed E-state index contributed by atoms with van der Waals surface area (Å²) in [5, 5.41) is 8.68. The van der Waals surface area contributed by atoms with E-state index in [9.17, 15) is 0 Å². The summed E-state index contributed by atoms with van der Waals surface area (Å²) in [6.45, 7) is 2.38. The summed E-state index contributed by atoms with van der Waals surface area (Å²) in [4.78, 5) is 17.5. The number of nitrogens with zero attached hydrogens (tertiary/aromatic N) is 4. The van der Waals surface area contributed by atoms with Crippen molar-refractivity contribution in [3.05, 3.63) is 40.3 Å². The van der Waals surface area contributed by atoms with Crippen LogP contribution in [-0.4, -0.2) is 66.1 Å². The number of aryl methyl sites for hydroxylation is 2. The molecular weight excluding hydrogens is 464 g/mol. The summed E-state index contributed by atoms with van der Waals surface area (Å²) >= 11 is 1.87. The van der Waals surface area contributed by atoms with E-state index in [1.165, 1.54) is 85.8 Å². The van der Waals surface area contributed by atoms with Crippen molar-refractivity contribution in [2.45, 2.75) is 75.8 Å². The highest BCUT2D eigenvalue weighted by molar-refractivity contribution is 7.19. The number of nitrogens with one attached hydrogen (secondary N) is 2. The summed E-state index contributed by atoms with van der Waals surface area (Å²) in [6, 6.07) is 10.2. The number of piperidine rings is 1. The quantitative estimate of drug-likeness (QED) is 0.428. The molecule has 0 amide bonds. The molecule has 6 rings (SSSR count). The number of hydrogen-bond donors (Lipinski definition) is 2. The SMILES string of the molecule is CN1CCC(c2ccc(Nc3nc(NC4CCC(N(C)C)CC4)c4c5c(sc4n3)CCC5)cc2)CC1. The molecule has 0 radical (unpaired) electrons. The number of rotatable bonds is 6. The number of aromatic nitrogens is 2. The van der Waals surface area contributed by atoms with Gasteiger partial charge in [0.15, 0.2) is 0 Å². The van der Waals surface area contributed by atoms with E-state index in [0.29, 0.717) is 23.9 Å². The zero-order valence-corrected chi connectivity index (χ0v) is 22.8. The fourth-order valence-electron chi connectivity index (χ4n) is 6.40. The lowest BCUT2D eigenvalue weighted by Gasteiger charge is -2.33. The second-order valence-electron chi connectivity index (χ2n) is 11.4. The van der Waals surface area contributed by atoms with Gasteiger partial charge in [-0.1, -0.05) is 12.1 Å². The predicted octanol–water partition coefficient (Wildman–Crippen LogP) is 6.02. The van der Waals surface area contributed by atoms with Gasteiger partial charge in [-0.15, -0.1) is 11.3 Å². The molecule has 3 aromatic rings. The largest absolute Gasteiger partial charge is 0.367 e. The van der Waals surface area contributed by atoms with Crippen molar-refractivity contribution in [1.29, 1.82) is 0 Å². The highest BCUT2D eigenvalue weighted by Crippen LogP contribution is 2.41. The molecule has 1 saturated heterocycles. The Morgan fingerprint density at radius 3 is 2.42 bits per heavy atom. The maximum absolute atomic E-state index is 5.07. The molecule has 192 valence electrons. The Morgan fingerprint density at radius 1 is 0.944 bits per heavy atom. The van der Waals surface area contributed by atoms with Crippen molar-refractivity contribution < 1.29 is 0 Å². The first-order valence-corrected chi connectivity index (χ1v) is 14.7. The molecule has 3 heterocycles. The van der Waals surface area contributed by atoms with Gasteiger partial charge in [0.25, 0.3) is 0 Å². The van der Waals surface area contributed by atoms with Crippen LogP contribution in [0.4, 0.5) is 17.5 Å². The number of anilines is 3. The van der Waals surface area contributed by atoms with E-state index >= 15 is 0 Å². The van der Waals surface area contributed by atoms with E-state index in [-0.39, 0.29) is 0 Å². The Labute approximate surface area is 219 Å². The van der Waals surface area contributed by atoms with Crippen LogP contribution >= 0.6 is 11.3 Å². The van der Waals surface area contributed by atoms with Crippen molar-refractivity contribution >= 4 is 39.0 Å². The first kappa shape index (κ1) is 24.1. The lowest BCUT2D eigenvalue weighted by atomic mass is 9.89. The molecule has 0 spiro atoms. The molecule has 7 heteroatoms. The van der Waals surface area contributed by atoms with E-state index < -0.39 is 0 Å². The number of likely N-dealkylation sites (tertiary alicyclic amines) is 1. The van der Waals surface area contributed by atoms with Gasteiger partial charge in [-0.3, -0.25) is 0 Å². The molecule has 1 aromatic carbocycles. The summed E-state index contributed by atoms with van der Waals surface area (Å²) < 4.78 is 0. The van der Waals surface area contributed by atoms with Gasteiger partial charge in [-0.25, -0.2) is 4.98 Å². The number of hydrogen-bond acceptors (Lipinski definition) is 7. The van der Waals surface area contributed by atoms with Crippen LogP contribution in [0.5, 0.6) is 0 Å². The lowest BCUT2D eigenvalue weighted by molar-refractivity contribution is 0.221. The Balaban J connectivity index is 1.22. The zero-order valence-electron chi connectivity index (χ0n) is 22.0. The fraction of sp³-hybridized carbons (Fsp3) is 0.586. The molecule has 0 bridgehead atoms. The monoisotopic (exact) mass is 504 g/mol. The number of fused-ring (bicyclic) bond motifs is 3. The van der Waals surface area contributed by atoms with Crippen molar-refractivity contribution in [2.75, 3.05) is 44.9 Å². The average molecular weight is 505 g/mol. The molecule has 2 fully saturated rings. The number of benzene rings is 1. The highest BCUT2D eigenvalue weighted by Gasteiger charge is 2.26. The topological polar surface area (TPSA) is 56.3 Å². The van der Waals surface area contributed by atoms with Crippen LogP contribution in [0.15, 0.2) is 24.3 Å². The van der Waals surface area contributed by atoms with Crippen LogP contribution < -0.4 is 10.6 Å². The van der Waals surface area contributed by atoms with Crippen molar-refractivity contribution in [1.82, 2.24) is 19.8 Å². The van der Waals surface area contributed by atoms with Crippen LogP contribution in [0.2, 0.25) is 0 Å². The zero-order chi connectivity index (χ0) is 24.6. The maximum Gasteiger partial charge on any atom is 0.230 e. The summed E-state index contributed by atoms with van der Waals surface area (Å²) in [6.07, 6.45) is 11.0. The van der Waals surface area contributed by atoms with Crippen LogP contribution in [0.25, 0.3) is 10.2 Å². The highest BCUT2D eigenvalue weighted by atomic mass is 32.1.